The van der Waals surface area contributed by atoms with Gasteiger partial charge in [-0.25, -0.2) is 0 Å². The van der Waals surface area contributed by atoms with Gasteiger partial charge in [0.05, 0.1) is 10.9 Å². The number of rotatable bonds is 6. The molecule has 1 N–H and O–H groups in total. The highest BCUT2D eigenvalue weighted by Gasteiger charge is 2.17. The number of halogens is 2. The molecule has 0 aromatic heterocycles. The summed E-state index contributed by atoms with van der Waals surface area (Å²) >= 11 is 1.41. The van der Waals surface area contributed by atoms with Gasteiger partial charge in [0.1, 0.15) is 5.75 Å². The van der Waals surface area contributed by atoms with Gasteiger partial charge in [-0.15, -0.1) is 11.8 Å². The van der Waals surface area contributed by atoms with Crippen LogP contribution in [0, 0.1) is 13.8 Å². The van der Waals surface area contributed by atoms with Crippen LogP contribution in [0.3, 0.4) is 0 Å². The number of thioether (sulfide) groups is 1. The number of nitrogens with one attached hydrogen (secondary N) is 1. The van der Waals surface area contributed by atoms with Crippen LogP contribution in [0.4, 0.5) is 14.5 Å². The second-order valence-corrected chi connectivity index (χ2v) is 6.78. The maximum Gasteiger partial charge on any atom is 0.387 e. The zero-order valence-electron chi connectivity index (χ0n) is 13.7. The highest BCUT2D eigenvalue weighted by molar-refractivity contribution is 8.00. The van der Waals surface area contributed by atoms with Gasteiger partial charge in [-0.05, 0) is 56.2 Å². The number of carbonyl (C=O) groups excluding carboxylic acids is 1. The highest BCUT2D eigenvalue weighted by Crippen LogP contribution is 2.29. The summed E-state index contributed by atoms with van der Waals surface area (Å²) in [5.41, 5.74) is 2.58. The molecule has 0 heterocycles. The molecule has 128 valence electrons. The summed E-state index contributed by atoms with van der Waals surface area (Å²) in [5, 5.41) is 2.26. The molecule has 0 saturated heterocycles. The Morgan fingerprint density at radius 2 is 1.83 bits per heavy atom. The van der Waals surface area contributed by atoms with E-state index in [0.717, 1.165) is 10.5 Å². The fourth-order valence-electron chi connectivity index (χ4n) is 2.05. The Morgan fingerprint density at radius 3 is 2.50 bits per heavy atom. The maximum absolute atomic E-state index is 12.4. The van der Waals surface area contributed by atoms with Crippen molar-refractivity contribution in [3.63, 3.8) is 0 Å². The molecule has 1 unspecified atom stereocenters. The van der Waals surface area contributed by atoms with Crippen molar-refractivity contribution in [3.8, 4) is 5.75 Å². The van der Waals surface area contributed by atoms with Crippen LogP contribution in [-0.4, -0.2) is 17.8 Å². The highest BCUT2D eigenvalue weighted by atomic mass is 32.2. The minimum Gasteiger partial charge on any atom is -0.433 e. The predicted molar refractivity (Wildman–Crippen MR) is 92.9 cm³/mol. The van der Waals surface area contributed by atoms with E-state index in [0.29, 0.717) is 0 Å². The summed E-state index contributed by atoms with van der Waals surface area (Å²) in [6, 6.07) is 12.1. The van der Waals surface area contributed by atoms with E-state index in [4.69, 9.17) is 0 Å². The van der Waals surface area contributed by atoms with Crippen LogP contribution >= 0.6 is 11.8 Å². The Morgan fingerprint density at radius 1 is 1.12 bits per heavy atom. The van der Waals surface area contributed by atoms with E-state index < -0.39 is 6.61 Å². The molecule has 0 bridgehead atoms. The first-order chi connectivity index (χ1) is 11.4. The van der Waals surface area contributed by atoms with Crippen LogP contribution in [0.25, 0.3) is 0 Å². The number of amides is 1. The number of alkyl halides is 2. The third-order valence-electron chi connectivity index (χ3n) is 3.52. The van der Waals surface area contributed by atoms with Crippen molar-refractivity contribution < 1.29 is 18.3 Å². The van der Waals surface area contributed by atoms with Gasteiger partial charge >= 0.3 is 6.61 Å². The third kappa shape index (κ3) is 4.96. The zero-order chi connectivity index (χ0) is 17.7. The number of hydrogen-bond donors (Lipinski definition) is 1. The van der Waals surface area contributed by atoms with Crippen molar-refractivity contribution >= 4 is 23.4 Å². The minimum absolute atomic E-state index is 0.0516. The number of carbonyl (C=O) groups is 1. The average molecular weight is 351 g/mol. The maximum atomic E-state index is 12.4. The normalized spacial score (nSPS) is 12.1. The molecule has 0 aliphatic carbocycles. The molecule has 2 rings (SSSR count). The van der Waals surface area contributed by atoms with Gasteiger partial charge in [-0.2, -0.15) is 8.78 Å². The minimum atomic E-state index is -2.94. The molecule has 0 spiro atoms. The Labute approximate surface area is 144 Å². The molecule has 24 heavy (non-hydrogen) atoms. The lowest BCUT2D eigenvalue weighted by Gasteiger charge is -2.15. The van der Waals surface area contributed by atoms with E-state index in [2.05, 4.69) is 10.1 Å². The smallest absolute Gasteiger partial charge is 0.387 e. The molecule has 0 aliphatic rings. The van der Waals surface area contributed by atoms with Crippen molar-refractivity contribution in [3.05, 3.63) is 53.6 Å². The summed E-state index contributed by atoms with van der Waals surface area (Å²) in [5.74, 6) is -0.326. The molecular formula is C18H19F2NO2S. The molecule has 3 nitrogen and oxygen atoms in total. The van der Waals surface area contributed by atoms with Gasteiger partial charge in [-0.1, -0.05) is 18.2 Å². The van der Waals surface area contributed by atoms with E-state index in [1.807, 2.05) is 32.0 Å². The molecule has 0 radical (unpaired) electrons. The average Bonchev–Trinajstić information content (AvgIpc) is 2.52. The molecule has 0 fully saturated rings. The number of hydrogen-bond acceptors (Lipinski definition) is 3. The molecular weight excluding hydrogens is 332 g/mol. The summed E-state index contributed by atoms with van der Waals surface area (Å²) in [6.07, 6.45) is 0. The van der Waals surface area contributed by atoms with Gasteiger partial charge in [0.15, 0.2) is 0 Å². The zero-order valence-corrected chi connectivity index (χ0v) is 14.5. The van der Waals surface area contributed by atoms with Crippen molar-refractivity contribution in [2.75, 3.05) is 5.32 Å². The van der Waals surface area contributed by atoms with Crippen LogP contribution in [-0.2, 0) is 4.79 Å². The van der Waals surface area contributed by atoms with Gasteiger partial charge in [0, 0.05) is 4.90 Å². The molecule has 1 atom stereocenters. The SMILES string of the molecule is Cc1ccc(SC(C)C(=O)Nc2ccccc2OC(F)F)cc1C. The largest absolute Gasteiger partial charge is 0.433 e. The first-order valence-electron chi connectivity index (χ1n) is 7.45. The molecule has 2 aromatic carbocycles. The molecule has 0 saturated carbocycles. The Bertz CT molecular complexity index is 722. The van der Waals surface area contributed by atoms with E-state index in [1.165, 1.54) is 29.5 Å². The topological polar surface area (TPSA) is 38.3 Å². The summed E-state index contributed by atoms with van der Waals surface area (Å²) in [7, 11) is 0. The van der Waals surface area contributed by atoms with Crippen LogP contribution in [0.2, 0.25) is 0 Å². The number of benzene rings is 2. The number of ether oxygens (including phenoxy) is 1. The Hall–Kier alpha value is -2.08. The molecule has 6 heteroatoms. The second-order valence-electron chi connectivity index (χ2n) is 5.37. The predicted octanol–water partition coefficient (Wildman–Crippen LogP) is 5.02. The quantitative estimate of drug-likeness (QED) is 0.742. The first kappa shape index (κ1) is 18.3. The van der Waals surface area contributed by atoms with E-state index in [1.54, 1.807) is 19.1 Å². The fraction of sp³-hybridized carbons (Fsp3) is 0.278. The van der Waals surface area contributed by atoms with Crippen molar-refractivity contribution in [2.24, 2.45) is 0 Å². The summed E-state index contributed by atoms with van der Waals surface area (Å²) < 4.78 is 29.2. The van der Waals surface area contributed by atoms with Crippen LogP contribution < -0.4 is 10.1 Å². The fourth-order valence-corrected chi connectivity index (χ4v) is 3.01. The monoisotopic (exact) mass is 351 g/mol. The van der Waals surface area contributed by atoms with Gasteiger partial charge in [-0.3, -0.25) is 4.79 Å². The molecule has 0 aliphatic heterocycles. The lowest BCUT2D eigenvalue weighted by molar-refractivity contribution is -0.115. The van der Waals surface area contributed by atoms with Gasteiger partial charge in [0.2, 0.25) is 5.91 Å². The Kier molecular flexibility index (Phi) is 6.20. The summed E-state index contributed by atoms with van der Waals surface area (Å²) in [6.45, 7) is 2.87. The molecule has 1 amide bonds. The molecule has 2 aromatic rings. The van der Waals surface area contributed by atoms with E-state index in [9.17, 15) is 13.6 Å². The number of para-hydroxylation sites is 2. The van der Waals surface area contributed by atoms with Crippen molar-refractivity contribution in [1.29, 1.82) is 0 Å². The van der Waals surface area contributed by atoms with Gasteiger partial charge in [0.25, 0.3) is 0 Å². The number of anilines is 1. The van der Waals surface area contributed by atoms with Gasteiger partial charge < -0.3 is 10.1 Å². The number of aryl methyl sites for hydroxylation is 2. The third-order valence-corrected chi connectivity index (χ3v) is 4.62. The Balaban J connectivity index is 2.05. The van der Waals surface area contributed by atoms with E-state index >= 15 is 0 Å². The lowest BCUT2D eigenvalue weighted by Crippen LogP contribution is -2.23. The van der Waals surface area contributed by atoms with Crippen molar-refractivity contribution in [1.82, 2.24) is 0 Å². The summed E-state index contributed by atoms with van der Waals surface area (Å²) in [4.78, 5) is 13.3. The van der Waals surface area contributed by atoms with Crippen LogP contribution in [0.5, 0.6) is 5.75 Å². The van der Waals surface area contributed by atoms with Crippen LogP contribution in [0.15, 0.2) is 47.4 Å². The van der Waals surface area contributed by atoms with E-state index in [-0.39, 0.29) is 22.6 Å². The lowest BCUT2D eigenvalue weighted by atomic mass is 10.1. The van der Waals surface area contributed by atoms with Crippen LogP contribution in [0.1, 0.15) is 18.1 Å². The first-order valence-corrected chi connectivity index (χ1v) is 8.33. The van der Waals surface area contributed by atoms with Crippen molar-refractivity contribution in [2.45, 2.75) is 37.5 Å². The second kappa shape index (κ2) is 8.15. The standard InChI is InChI=1S/C18H19F2NO2S/c1-11-8-9-14(10-12(11)2)24-13(3)17(22)21-15-6-4-5-7-16(15)23-18(19)20/h4-10,13,18H,1-3H3,(H,21,22).